The number of rotatable bonds is 5. The summed E-state index contributed by atoms with van der Waals surface area (Å²) in [6, 6.07) is 12.3. The van der Waals surface area contributed by atoms with Gasteiger partial charge >= 0.3 is 5.97 Å². The van der Waals surface area contributed by atoms with Crippen molar-refractivity contribution < 1.29 is 9.53 Å². The molecule has 0 aliphatic rings. The second-order valence-electron chi connectivity index (χ2n) is 5.17. The summed E-state index contributed by atoms with van der Waals surface area (Å²) >= 11 is 13.4. The molecule has 0 fully saturated rings. The van der Waals surface area contributed by atoms with Gasteiger partial charge in [-0.2, -0.15) is 0 Å². The average molecular weight is 381 g/mol. The molecule has 0 aliphatic carbocycles. The predicted molar refractivity (Wildman–Crippen MR) is 99.6 cm³/mol. The molecule has 124 valence electrons. The zero-order valence-electron chi connectivity index (χ0n) is 12.8. The Kier molecular flexibility index (Phi) is 5.23. The highest BCUT2D eigenvalue weighted by atomic mass is 35.5. The summed E-state index contributed by atoms with van der Waals surface area (Å²) in [5.41, 5.74) is 1.35. The van der Waals surface area contributed by atoms with Gasteiger partial charge in [0.1, 0.15) is 6.61 Å². The van der Waals surface area contributed by atoms with Gasteiger partial charge in [-0.05, 0) is 42.5 Å². The SMILES string of the molecule is CN(CCOC(=O)c1ccc(Cl)cc1)c1nc2cc(Cl)ccc2s1. The number of nitrogens with zero attached hydrogens (tertiary/aromatic N) is 2. The van der Waals surface area contributed by atoms with E-state index in [1.165, 1.54) is 0 Å². The minimum absolute atomic E-state index is 0.272. The van der Waals surface area contributed by atoms with Crippen molar-refractivity contribution in [3.05, 3.63) is 58.1 Å². The average Bonchev–Trinajstić information content (AvgIpc) is 2.98. The lowest BCUT2D eigenvalue weighted by Gasteiger charge is -2.15. The fraction of sp³-hybridized carbons (Fsp3) is 0.176. The maximum atomic E-state index is 11.9. The van der Waals surface area contributed by atoms with Crippen LogP contribution in [0.15, 0.2) is 42.5 Å². The second-order valence-corrected chi connectivity index (χ2v) is 7.05. The molecule has 2 aromatic carbocycles. The van der Waals surface area contributed by atoms with E-state index in [2.05, 4.69) is 4.98 Å². The number of carbonyl (C=O) groups excluding carboxylic acids is 1. The van der Waals surface area contributed by atoms with Crippen molar-refractivity contribution in [1.29, 1.82) is 0 Å². The van der Waals surface area contributed by atoms with Crippen molar-refractivity contribution in [1.82, 2.24) is 4.98 Å². The molecule has 0 atom stereocenters. The molecule has 0 N–H and O–H groups in total. The molecule has 1 aromatic heterocycles. The Morgan fingerprint density at radius 2 is 1.88 bits per heavy atom. The van der Waals surface area contributed by atoms with Crippen molar-refractivity contribution >= 4 is 55.9 Å². The Hall–Kier alpha value is -1.82. The van der Waals surface area contributed by atoms with E-state index in [1.54, 1.807) is 35.6 Å². The van der Waals surface area contributed by atoms with E-state index in [9.17, 15) is 4.79 Å². The summed E-state index contributed by atoms with van der Waals surface area (Å²) in [6.07, 6.45) is 0. The normalized spacial score (nSPS) is 10.8. The minimum atomic E-state index is -0.365. The number of aromatic nitrogens is 1. The molecule has 4 nitrogen and oxygen atoms in total. The highest BCUT2D eigenvalue weighted by Crippen LogP contribution is 2.29. The molecule has 3 rings (SSSR count). The zero-order valence-corrected chi connectivity index (χ0v) is 15.2. The molecule has 0 saturated carbocycles. The number of halogens is 2. The monoisotopic (exact) mass is 380 g/mol. The first-order valence-electron chi connectivity index (χ1n) is 7.23. The van der Waals surface area contributed by atoms with E-state index in [0.717, 1.165) is 15.3 Å². The van der Waals surface area contributed by atoms with Crippen LogP contribution in [-0.2, 0) is 4.74 Å². The van der Waals surface area contributed by atoms with Gasteiger partial charge in [0.15, 0.2) is 5.13 Å². The largest absolute Gasteiger partial charge is 0.460 e. The van der Waals surface area contributed by atoms with Crippen LogP contribution in [0.5, 0.6) is 0 Å². The van der Waals surface area contributed by atoms with Gasteiger partial charge in [0, 0.05) is 17.1 Å². The Balaban J connectivity index is 1.57. The highest BCUT2D eigenvalue weighted by molar-refractivity contribution is 7.22. The number of likely N-dealkylation sites (N-methyl/N-ethyl adjacent to an activating group) is 1. The molecular weight excluding hydrogens is 367 g/mol. The van der Waals surface area contributed by atoms with E-state index in [1.807, 2.05) is 30.1 Å². The van der Waals surface area contributed by atoms with Crippen molar-refractivity contribution in [3.8, 4) is 0 Å². The lowest BCUT2D eigenvalue weighted by atomic mass is 10.2. The topological polar surface area (TPSA) is 42.4 Å². The number of esters is 1. The van der Waals surface area contributed by atoms with E-state index in [0.29, 0.717) is 22.2 Å². The summed E-state index contributed by atoms with van der Waals surface area (Å²) in [7, 11) is 1.91. The number of fused-ring (bicyclic) bond motifs is 1. The van der Waals surface area contributed by atoms with Crippen molar-refractivity contribution in [2.45, 2.75) is 0 Å². The molecule has 0 amide bonds. The van der Waals surface area contributed by atoms with Gasteiger partial charge in [-0.1, -0.05) is 34.5 Å². The molecule has 0 aliphatic heterocycles. The first-order valence-corrected chi connectivity index (χ1v) is 8.80. The number of carbonyl (C=O) groups is 1. The summed E-state index contributed by atoms with van der Waals surface area (Å²) in [6.45, 7) is 0.821. The maximum Gasteiger partial charge on any atom is 0.338 e. The van der Waals surface area contributed by atoms with Gasteiger partial charge in [-0.25, -0.2) is 9.78 Å². The smallest absolute Gasteiger partial charge is 0.338 e. The quantitative estimate of drug-likeness (QED) is 0.590. The Morgan fingerprint density at radius 3 is 2.62 bits per heavy atom. The van der Waals surface area contributed by atoms with Crippen LogP contribution in [0.1, 0.15) is 10.4 Å². The molecule has 3 aromatic rings. The molecule has 1 heterocycles. The third kappa shape index (κ3) is 3.98. The Bertz CT molecular complexity index is 865. The van der Waals surface area contributed by atoms with Crippen molar-refractivity contribution in [2.24, 2.45) is 0 Å². The van der Waals surface area contributed by atoms with E-state index >= 15 is 0 Å². The molecule has 0 unspecified atom stereocenters. The number of anilines is 1. The summed E-state index contributed by atoms with van der Waals surface area (Å²) < 4.78 is 6.35. The van der Waals surface area contributed by atoms with Crippen LogP contribution in [0, 0.1) is 0 Å². The molecule has 0 saturated heterocycles. The highest BCUT2D eigenvalue weighted by Gasteiger charge is 2.11. The van der Waals surface area contributed by atoms with Crippen LogP contribution in [0.4, 0.5) is 5.13 Å². The fourth-order valence-electron chi connectivity index (χ4n) is 2.09. The van der Waals surface area contributed by atoms with Gasteiger partial charge in [-0.3, -0.25) is 0 Å². The van der Waals surface area contributed by atoms with E-state index in [-0.39, 0.29) is 12.6 Å². The van der Waals surface area contributed by atoms with Gasteiger partial charge < -0.3 is 9.64 Å². The van der Waals surface area contributed by atoms with Gasteiger partial charge in [0.25, 0.3) is 0 Å². The van der Waals surface area contributed by atoms with Crippen molar-refractivity contribution in [2.75, 3.05) is 25.1 Å². The van der Waals surface area contributed by atoms with Crippen LogP contribution in [-0.4, -0.2) is 31.2 Å². The van der Waals surface area contributed by atoms with Crippen molar-refractivity contribution in [3.63, 3.8) is 0 Å². The number of ether oxygens (including phenoxy) is 1. The van der Waals surface area contributed by atoms with Crippen LogP contribution < -0.4 is 4.90 Å². The van der Waals surface area contributed by atoms with Crippen LogP contribution in [0.25, 0.3) is 10.2 Å². The first kappa shape index (κ1) is 17.0. The van der Waals surface area contributed by atoms with Gasteiger partial charge in [0.2, 0.25) is 0 Å². The van der Waals surface area contributed by atoms with E-state index in [4.69, 9.17) is 27.9 Å². The first-order chi connectivity index (χ1) is 11.5. The van der Waals surface area contributed by atoms with Crippen LogP contribution in [0.2, 0.25) is 10.0 Å². The lowest BCUT2D eigenvalue weighted by molar-refractivity contribution is 0.0516. The van der Waals surface area contributed by atoms with Gasteiger partial charge in [-0.15, -0.1) is 0 Å². The Labute approximate surface area is 153 Å². The fourth-order valence-corrected chi connectivity index (χ4v) is 3.32. The van der Waals surface area contributed by atoms with Crippen LogP contribution >= 0.6 is 34.5 Å². The molecule has 24 heavy (non-hydrogen) atoms. The van der Waals surface area contributed by atoms with E-state index < -0.39 is 0 Å². The second kappa shape index (κ2) is 7.38. The number of thiazole rings is 1. The van der Waals surface area contributed by atoms with Gasteiger partial charge in [0.05, 0.1) is 22.3 Å². The molecule has 0 spiro atoms. The summed E-state index contributed by atoms with van der Waals surface area (Å²) in [5.74, 6) is -0.365. The molecule has 7 heteroatoms. The zero-order chi connectivity index (χ0) is 17.1. The molecule has 0 bridgehead atoms. The number of hydrogen-bond acceptors (Lipinski definition) is 5. The predicted octanol–water partition coefficient (Wildman–Crippen LogP) is 4.90. The molecular formula is C17H14Cl2N2O2S. The maximum absolute atomic E-state index is 11.9. The minimum Gasteiger partial charge on any atom is -0.460 e. The third-order valence-electron chi connectivity index (χ3n) is 3.40. The standard InChI is InChI=1S/C17H14Cl2N2O2S/c1-21(17-20-14-10-13(19)6-7-15(14)24-17)8-9-23-16(22)11-2-4-12(18)5-3-11/h2-7,10H,8-9H2,1H3. The molecule has 0 radical (unpaired) electrons. The summed E-state index contributed by atoms with van der Waals surface area (Å²) in [5, 5.41) is 2.11. The third-order valence-corrected chi connectivity index (χ3v) is 5.04. The Morgan fingerprint density at radius 1 is 1.17 bits per heavy atom. The number of hydrogen-bond donors (Lipinski definition) is 0. The summed E-state index contributed by atoms with van der Waals surface area (Å²) in [4.78, 5) is 18.4. The number of benzene rings is 2. The van der Waals surface area contributed by atoms with Crippen LogP contribution in [0.3, 0.4) is 0 Å². The lowest BCUT2D eigenvalue weighted by Crippen LogP contribution is -2.23.